The van der Waals surface area contributed by atoms with E-state index >= 15 is 0 Å². The Labute approximate surface area is 168 Å². The molecular weight excluding hydrogens is 409 g/mol. The highest BCUT2D eigenvalue weighted by Crippen LogP contribution is 2.28. The van der Waals surface area contributed by atoms with Gasteiger partial charge in [0, 0.05) is 24.5 Å². The molecule has 2 aromatic carbocycles. The van der Waals surface area contributed by atoms with E-state index in [2.05, 4.69) is 0 Å². The molecule has 1 aliphatic rings. The van der Waals surface area contributed by atoms with Gasteiger partial charge < -0.3 is 4.74 Å². The van der Waals surface area contributed by atoms with Crippen LogP contribution in [-0.4, -0.2) is 31.8 Å². The number of hydrogen-bond donors (Lipinski definition) is 0. The smallest absolute Gasteiger partial charge is 0.311 e. The van der Waals surface area contributed by atoms with Crippen molar-refractivity contribution in [2.45, 2.75) is 30.6 Å². The van der Waals surface area contributed by atoms with Gasteiger partial charge in [-0.15, -0.1) is 0 Å². The highest BCUT2D eigenvalue weighted by atomic mass is 35.5. The molecule has 0 amide bonds. The van der Waals surface area contributed by atoms with Crippen LogP contribution in [0.2, 0.25) is 10.0 Å². The number of rotatable bonds is 6. The van der Waals surface area contributed by atoms with Crippen LogP contribution in [0.5, 0.6) is 5.75 Å². The number of hydrogen-bond acceptors (Lipinski definition) is 4. The van der Waals surface area contributed by atoms with Crippen LogP contribution in [0.15, 0.2) is 47.4 Å². The maximum absolute atomic E-state index is 12.5. The first-order valence-electron chi connectivity index (χ1n) is 8.61. The second-order valence-corrected chi connectivity index (χ2v) is 9.09. The van der Waals surface area contributed by atoms with E-state index in [-0.39, 0.29) is 22.1 Å². The highest BCUT2D eigenvalue weighted by molar-refractivity contribution is 7.89. The van der Waals surface area contributed by atoms with Gasteiger partial charge in [0.1, 0.15) is 5.75 Å². The predicted molar refractivity (Wildman–Crippen MR) is 105 cm³/mol. The molecule has 0 aliphatic carbocycles. The molecule has 0 N–H and O–H groups in total. The lowest BCUT2D eigenvalue weighted by Crippen LogP contribution is -2.27. The van der Waals surface area contributed by atoms with Crippen LogP contribution in [0.4, 0.5) is 0 Å². The molecule has 0 bridgehead atoms. The summed E-state index contributed by atoms with van der Waals surface area (Å²) in [5.41, 5.74) is 0.856. The first-order chi connectivity index (χ1) is 12.9. The van der Waals surface area contributed by atoms with Gasteiger partial charge >= 0.3 is 5.97 Å². The Balaban J connectivity index is 1.57. The molecule has 0 saturated carbocycles. The zero-order valence-corrected chi connectivity index (χ0v) is 16.9. The minimum atomic E-state index is -3.42. The summed E-state index contributed by atoms with van der Waals surface area (Å²) < 4.78 is 31.7. The third kappa shape index (κ3) is 5.02. The minimum absolute atomic E-state index is 0.150. The molecular formula is C19H19Cl2NO4S. The predicted octanol–water partition coefficient (Wildman–Crippen LogP) is 4.32. The van der Waals surface area contributed by atoms with E-state index in [4.69, 9.17) is 27.9 Å². The number of esters is 1. The molecule has 2 aromatic rings. The van der Waals surface area contributed by atoms with Crippen molar-refractivity contribution < 1.29 is 17.9 Å². The average Bonchev–Trinajstić information content (AvgIpc) is 3.18. The Morgan fingerprint density at radius 3 is 2.33 bits per heavy atom. The number of aryl methyl sites for hydroxylation is 1. The number of benzene rings is 2. The van der Waals surface area contributed by atoms with Crippen LogP contribution < -0.4 is 4.74 Å². The van der Waals surface area contributed by atoms with Gasteiger partial charge in [-0.05, 0) is 55.2 Å². The van der Waals surface area contributed by atoms with Gasteiger partial charge in [0.2, 0.25) is 10.0 Å². The van der Waals surface area contributed by atoms with Crippen molar-refractivity contribution in [3.05, 3.63) is 58.1 Å². The zero-order chi connectivity index (χ0) is 19.4. The second kappa shape index (κ2) is 8.61. The fourth-order valence-corrected chi connectivity index (χ4v) is 4.85. The van der Waals surface area contributed by atoms with Crippen LogP contribution in [-0.2, 0) is 21.2 Å². The Bertz CT molecular complexity index is 923. The van der Waals surface area contributed by atoms with E-state index in [0.717, 1.165) is 18.4 Å². The van der Waals surface area contributed by atoms with Crippen molar-refractivity contribution in [3.63, 3.8) is 0 Å². The molecule has 0 unspecified atom stereocenters. The van der Waals surface area contributed by atoms with Crippen LogP contribution in [0.25, 0.3) is 0 Å². The quantitative estimate of drug-likeness (QED) is 0.508. The molecule has 1 fully saturated rings. The van der Waals surface area contributed by atoms with E-state index in [1.165, 1.54) is 10.4 Å². The molecule has 1 saturated heterocycles. The topological polar surface area (TPSA) is 63.7 Å². The summed E-state index contributed by atoms with van der Waals surface area (Å²) >= 11 is 11.8. The van der Waals surface area contributed by atoms with Crippen molar-refractivity contribution in [3.8, 4) is 5.75 Å². The van der Waals surface area contributed by atoms with Crippen molar-refractivity contribution >= 4 is 39.2 Å². The number of halogens is 2. The van der Waals surface area contributed by atoms with Crippen LogP contribution in [0.1, 0.15) is 24.8 Å². The first-order valence-corrected chi connectivity index (χ1v) is 10.8. The molecule has 0 aromatic heterocycles. The van der Waals surface area contributed by atoms with E-state index in [0.29, 0.717) is 24.5 Å². The van der Waals surface area contributed by atoms with E-state index in [1.807, 2.05) is 0 Å². The van der Waals surface area contributed by atoms with E-state index < -0.39 is 16.0 Å². The number of carbonyl (C=O) groups excluding carboxylic acids is 1. The van der Waals surface area contributed by atoms with E-state index in [1.54, 1.807) is 36.4 Å². The van der Waals surface area contributed by atoms with Gasteiger partial charge in [0.25, 0.3) is 0 Å². The van der Waals surface area contributed by atoms with Crippen LogP contribution >= 0.6 is 23.2 Å². The maximum atomic E-state index is 12.5. The standard InChI is InChI=1S/C19H19Cl2NO4S/c20-15-6-9-18(17(21)13-15)26-19(23)10-5-14-3-7-16(8-4-14)27(24,25)22-11-1-2-12-22/h3-4,6-9,13H,1-2,5,10-12H2. The highest BCUT2D eigenvalue weighted by Gasteiger charge is 2.26. The fourth-order valence-electron chi connectivity index (χ4n) is 2.88. The zero-order valence-electron chi connectivity index (χ0n) is 14.5. The second-order valence-electron chi connectivity index (χ2n) is 6.30. The van der Waals surface area contributed by atoms with Gasteiger partial charge in [-0.25, -0.2) is 8.42 Å². The molecule has 1 heterocycles. The molecule has 0 atom stereocenters. The van der Waals surface area contributed by atoms with Crippen LogP contribution in [0.3, 0.4) is 0 Å². The molecule has 8 heteroatoms. The number of sulfonamides is 1. The maximum Gasteiger partial charge on any atom is 0.311 e. The SMILES string of the molecule is O=C(CCc1ccc(S(=O)(=O)N2CCCC2)cc1)Oc1ccc(Cl)cc1Cl. The van der Waals surface area contributed by atoms with Crippen molar-refractivity contribution in [1.82, 2.24) is 4.31 Å². The fraction of sp³-hybridized carbons (Fsp3) is 0.316. The Hall–Kier alpha value is -1.60. The Morgan fingerprint density at radius 2 is 1.70 bits per heavy atom. The number of carbonyl (C=O) groups is 1. The van der Waals surface area contributed by atoms with Gasteiger partial charge in [-0.1, -0.05) is 35.3 Å². The molecule has 1 aliphatic heterocycles. The Kier molecular flexibility index (Phi) is 6.42. The van der Waals surface area contributed by atoms with Crippen molar-refractivity contribution in [2.24, 2.45) is 0 Å². The monoisotopic (exact) mass is 427 g/mol. The summed E-state index contributed by atoms with van der Waals surface area (Å²) in [5, 5.41) is 0.732. The van der Waals surface area contributed by atoms with E-state index in [9.17, 15) is 13.2 Å². The van der Waals surface area contributed by atoms with Gasteiger partial charge in [-0.3, -0.25) is 4.79 Å². The Morgan fingerprint density at radius 1 is 1.04 bits per heavy atom. The van der Waals surface area contributed by atoms with Gasteiger partial charge in [0.05, 0.1) is 9.92 Å². The number of ether oxygens (including phenoxy) is 1. The lowest BCUT2D eigenvalue weighted by Gasteiger charge is -2.15. The largest absolute Gasteiger partial charge is 0.425 e. The lowest BCUT2D eigenvalue weighted by molar-refractivity contribution is -0.134. The molecule has 0 radical (unpaired) electrons. The first kappa shape index (κ1) is 20.1. The molecule has 144 valence electrons. The molecule has 27 heavy (non-hydrogen) atoms. The minimum Gasteiger partial charge on any atom is -0.425 e. The van der Waals surface area contributed by atoms with Crippen LogP contribution in [0, 0.1) is 0 Å². The molecule has 0 spiro atoms. The summed E-state index contributed by atoms with van der Waals surface area (Å²) in [6.07, 6.45) is 2.39. The van der Waals surface area contributed by atoms with Gasteiger partial charge in [0.15, 0.2) is 0 Å². The molecule has 5 nitrogen and oxygen atoms in total. The summed E-state index contributed by atoms with van der Waals surface area (Å²) in [6, 6.07) is 11.3. The van der Waals surface area contributed by atoms with Crippen molar-refractivity contribution in [2.75, 3.05) is 13.1 Å². The lowest BCUT2D eigenvalue weighted by atomic mass is 10.1. The normalized spacial score (nSPS) is 15.0. The third-order valence-corrected chi connectivity index (χ3v) is 6.81. The summed E-state index contributed by atoms with van der Waals surface area (Å²) in [6.45, 7) is 1.15. The summed E-state index contributed by atoms with van der Waals surface area (Å²) in [4.78, 5) is 12.3. The summed E-state index contributed by atoms with van der Waals surface area (Å²) in [5.74, 6) is -0.161. The van der Waals surface area contributed by atoms with Crippen molar-refractivity contribution in [1.29, 1.82) is 0 Å². The third-order valence-electron chi connectivity index (χ3n) is 4.36. The van der Waals surface area contributed by atoms with Gasteiger partial charge in [-0.2, -0.15) is 4.31 Å². The summed E-state index contributed by atoms with van der Waals surface area (Å²) in [7, 11) is -3.42. The number of nitrogens with zero attached hydrogens (tertiary/aromatic N) is 1. The molecule has 3 rings (SSSR count). The average molecular weight is 428 g/mol.